The number of hydrogen-bond donors (Lipinski definition) is 1. The van der Waals surface area contributed by atoms with Crippen LogP contribution in [0.15, 0.2) is 66.2 Å². The average molecular weight is 525 g/mol. The summed E-state index contributed by atoms with van der Waals surface area (Å²) in [7, 11) is 5.24. The maximum atomic E-state index is 13.4. The third kappa shape index (κ3) is 4.71. The molecule has 6 nitrogen and oxygen atoms in total. The molecule has 1 unspecified atom stereocenters. The molecule has 38 heavy (non-hydrogen) atoms. The highest BCUT2D eigenvalue weighted by Crippen LogP contribution is 2.44. The molecular weight excluding hydrogens is 497 g/mol. The van der Waals surface area contributed by atoms with Crippen LogP contribution in [0, 0.1) is 13.8 Å². The molecule has 0 radical (unpaired) electrons. The number of aliphatic hydroxyl groups is 1. The van der Waals surface area contributed by atoms with Gasteiger partial charge < -0.3 is 14.7 Å². The van der Waals surface area contributed by atoms with E-state index in [0.29, 0.717) is 28.0 Å². The number of aryl methyl sites for hydroxylation is 2. The van der Waals surface area contributed by atoms with Crippen molar-refractivity contribution in [3.8, 4) is 5.75 Å². The van der Waals surface area contributed by atoms with Crippen LogP contribution in [0.3, 0.4) is 0 Å². The van der Waals surface area contributed by atoms with E-state index in [1.807, 2.05) is 19.0 Å². The third-order valence-corrected chi connectivity index (χ3v) is 6.64. The standard InChI is InChI=1S/C29H27F3N2O4/c1-16-15-23(38-5)17(2)14-22(16)26(35)24-25(18-6-10-20(11-7-18)33(3)4)34(28(37)27(24)36)21-12-8-19(9-13-21)29(30,31)32/h6-15,25,35H,1-5H3/b26-24+. The predicted molar refractivity (Wildman–Crippen MR) is 139 cm³/mol. The second kappa shape index (κ2) is 9.89. The summed E-state index contributed by atoms with van der Waals surface area (Å²) >= 11 is 0. The van der Waals surface area contributed by atoms with Crippen LogP contribution in [-0.4, -0.2) is 38.0 Å². The largest absolute Gasteiger partial charge is 0.507 e. The van der Waals surface area contributed by atoms with Gasteiger partial charge in [0.2, 0.25) is 0 Å². The Morgan fingerprint density at radius 2 is 1.55 bits per heavy atom. The van der Waals surface area contributed by atoms with Gasteiger partial charge >= 0.3 is 6.18 Å². The molecule has 3 aromatic rings. The van der Waals surface area contributed by atoms with Gasteiger partial charge in [0.05, 0.1) is 24.3 Å². The van der Waals surface area contributed by atoms with E-state index in [4.69, 9.17) is 4.74 Å². The summed E-state index contributed by atoms with van der Waals surface area (Å²) in [6, 6.07) is 13.4. The first-order valence-corrected chi connectivity index (χ1v) is 11.8. The number of Topliss-reactive ketones (excluding diaryl/α,β-unsaturated/α-hetero) is 1. The van der Waals surface area contributed by atoms with Gasteiger partial charge in [-0.15, -0.1) is 0 Å². The molecule has 9 heteroatoms. The zero-order valence-corrected chi connectivity index (χ0v) is 21.6. The zero-order chi connectivity index (χ0) is 27.9. The lowest BCUT2D eigenvalue weighted by Crippen LogP contribution is -2.29. The molecule has 1 aliphatic rings. The molecule has 1 fully saturated rings. The smallest absolute Gasteiger partial charge is 0.416 e. The number of ketones is 1. The van der Waals surface area contributed by atoms with Crippen LogP contribution < -0.4 is 14.5 Å². The second-order valence-electron chi connectivity index (χ2n) is 9.34. The van der Waals surface area contributed by atoms with E-state index in [9.17, 15) is 27.9 Å². The van der Waals surface area contributed by atoms with E-state index in [1.165, 1.54) is 7.11 Å². The highest BCUT2D eigenvalue weighted by molar-refractivity contribution is 6.51. The van der Waals surface area contributed by atoms with Gasteiger partial charge in [-0.3, -0.25) is 14.5 Å². The predicted octanol–water partition coefficient (Wildman–Crippen LogP) is 6.02. The number of anilines is 2. The molecule has 0 bridgehead atoms. The van der Waals surface area contributed by atoms with E-state index in [0.717, 1.165) is 34.9 Å². The first-order chi connectivity index (χ1) is 17.8. The second-order valence-corrected chi connectivity index (χ2v) is 9.34. The van der Waals surface area contributed by atoms with Crippen LogP contribution >= 0.6 is 0 Å². The van der Waals surface area contributed by atoms with Crippen molar-refractivity contribution >= 4 is 28.8 Å². The molecule has 1 heterocycles. The molecule has 0 aliphatic carbocycles. The number of hydrogen-bond acceptors (Lipinski definition) is 5. The van der Waals surface area contributed by atoms with E-state index in [1.54, 1.807) is 50.2 Å². The zero-order valence-electron chi connectivity index (χ0n) is 21.6. The molecule has 1 N–H and O–H groups in total. The number of methoxy groups -OCH3 is 1. The lowest BCUT2D eigenvalue weighted by Gasteiger charge is -2.26. The van der Waals surface area contributed by atoms with Gasteiger partial charge in [0, 0.05) is 31.0 Å². The lowest BCUT2D eigenvalue weighted by molar-refractivity contribution is -0.137. The van der Waals surface area contributed by atoms with Gasteiger partial charge in [0.15, 0.2) is 0 Å². The van der Waals surface area contributed by atoms with Crippen LogP contribution in [-0.2, 0) is 15.8 Å². The fraction of sp³-hybridized carbons (Fsp3) is 0.241. The Bertz CT molecular complexity index is 1430. The molecule has 4 rings (SSSR count). The number of rotatable bonds is 5. The first kappa shape index (κ1) is 26.8. The number of aliphatic hydroxyl groups excluding tert-OH is 1. The van der Waals surface area contributed by atoms with Crippen molar-refractivity contribution in [1.29, 1.82) is 0 Å². The minimum absolute atomic E-state index is 0.100. The van der Waals surface area contributed by atoms with Crippen molar-refractivity contribution in [3.63, 3.8) is 0 Å². The van der Waals surface area contributed by atoms with Gasteiger partial charge in [-0.05, 0) is 79.1 Å². The molecule has 0 aromatic heterocycles. The summed E-state index contributed by atoms with van der Waals surface area (Å²) in [4.78, 5) is 29.7. The summed E-state index contributed by atoms with van der Waals surface area (Å²) in [6.45, 7) is 3.52. The van der Waals surface area contributed by atoms with Crippen LogP contribution in [0.1, 0.15) is 33.9 Å². The Kier molecular flexibility index (Phi) is 6.97. The Hall–Kier alpha value is -4.27. The molecule has 0 spiro atoms. The molecule has 1 amide bonds. The number of halogens is 3. The van der Waals surface area contributed by atoms with Crippen LogP contribution in [0.25, 0.3) is 5.76 Å². The number of benzene rings is 3. The van der Waals surface area contributed by atoms with Crippen molar-refractivity contribution in [3.05, 3.63) is 94.1 Å². The highest BCUT2D eigenvalue weighted by atomic mass is 19.4. The van der Waals surface area contributed by atoms with Crippen molar-refractivity contribution in [2.75, 3.05) is 31.0 Å². The van der Waals surface area contributed by atoms with Gasteiger partial charge in [0.1, 0.15) is 11.5 Å². The minimum Gasteiger partial charge on any atom is -0.507 e. The van der Waals surface area contributed by atoms with Crippen LogP contribution in [0.5, 0.6) is 5.75 Å². The Labute approximate surface area is 218 Å². The maximum Gasteiger partial charge on any atom is 0.416 e. The SMILES string of the molecule is COc1cc(C)c(/C(O)=C2\C(=O)C(=O)N(c3ccc(C(F)(F)F)cc3)C2c2ccc(N(C)C)cc2)cc1C. The average Bonchev–Trinajstić information content (AvgIpc) is 3.14. The summed E-state index contributed by atoms with van der Waals surface area (Å²) in [6.07, 6.45) is -4.56. The van der Waals surface area contributed by atoms with Gasteiger partial charge in [-0.1, -0.05) is 12.1 Å². The summed E-state index contributed by atoms with van der Waals surface area (Å²) in [5, 5.41) is 11.4. The van der Waals surface area contributed by atoms with Gasteiger partial charge in [-0.2, -0.15) is 13.2 Å². The molecule has 198 valence electrons. The number of alkyl halides is 3. The number of amides is 1. The summed E-state index contributed by atoms with van der Waals surface area (Å²) < 4.78 is 44.9. The van der Waals surface area contributed by atoms with E-state index >= 15 is 0 Å². The van der Waals surface area contributed by atoms with Crippen LogP contribution in [0.4, 0.5) is 24.5 Å². The van der Waals surface area contributed by atoms with Crippen molar-refractivity contribution in [2.24, 2.45) is 0 Å². The summed E-state index contributed by atoms with van der Waals surface area (Å²) in [5.41, 5.74) is 2.12. The fourth-order valence-corrected chi connectivity index (χ4v) is 4.59. The Morgan fingerprint density at radius 3 is 2.08 bits per heavy atom. The monoisotopic (exact) mass is 524 g/mol. The molecule has 3 aromatic carbocycles. The molecule has 0 saturated carbocycles. The highest BCUT2D eigenvalue weighted by Gasteiger charge is 2.47. The van der Waals surface area contributed by atoms with Crippen molar-refractivity contribution in [1.82, 2.24) is 0 Å². The van der Waals surface area contributed by atoms with Crippen molar-refractivity contribution < 1.29 is 32.6 Å². The van der Waals surface area contributed by atoms with E-state index in [-0.39, 0.29) is 17.0 Å². The Morgan fingerprint density at radius 1 is 0.947 bits per heavy atom. The molecule has 1 saturated heterocycles. The van der Waals surface area contributed by atoms with Gasteiger partial charge in [0.25, 0.3) is 11.7 Å². The number of nitrogens with zero attached hydrogens (tertiary/aromatic N) is 2. The maximum absolute atomic E-state index is 13.4. The van der Waals surface area contributed by atoms with E-state index < -0.39 is 29.5 Å². The van der Waals surface area contributed by atoms with Crippen molar-refractivity contribution in [2.45, 2.75) is 26.1 Å². The van der Waals surface area contributed by atoms with Crippen LogP contribution in [0.2, 0.25) is 0 Å². The molecule has 1 atom stereocenters. The molecular formula is C29H27F3N2O4. The quantitative estimate of drug-likeness (QED) is 0.251. The number of ether oxygens (including phenoxy) is 1. The topological polar surface area (TPSA) is 70.1 Å². The van der Waals surface area contributed by atoms with E-state index in [2.05, 4.69) is 0 Å². The molecule has 1 aliphatic heterocycles. The normalized spacial score (nSPS) is 17.2. The first-order valence-electron chi connectivity index (χ1n) is 11.8. The minimum atomic E-state index is -4.56. The fourth-order valence-electron chi connectivity index (χ4n) is 4.59. The lowest BCUT2D eigenvalue weighted by atomic mass is 9.92. The third-order valence-electron chi connectivity index (χ3n) is 6.64. The summed E-state index contributed by atoms with van der Waals surface area (Å²) in [5.74, 6) is -1.66. The van der Waals surface area contributed by atoms with Gasteiger partial charge in [-0.25, -0.2) is 0 Å². The number of carbonyl (C=O) groups excluding carboxylic acids is 2. The Balaban J connectivity index is 1.93. The number of carbonyl (C=O) groups is 2.